The third-order valence-corrected chi connectivity index (χ3v) is 4.49. The number of methoxy groups -OCH3 is 1. The molecule has 3 rings (SSSR count). The number of fused-ring (bicyclic) bond motifs is 1. The van der Waals surface area contributed by atoms with Crippen LogP contribution < -0.4 is 9.50 Å². The van der Waals surface area contributed by atoms with Gasteiger partial charge in [-0.15, -0.1) is 0 Å². The van der Waals surface area contributed by atoms with Crippen molar-refractivity contribution in [3.05, 3.63) is 48.0 Å². The van der Waals surface area contributed by atoms with Gasteiger partial charge in [0.2, 0.25) is 5.95 Å². The number of anilines is 1. The molecule has 0 saturated carbocycles. The second-order valence-electron chi connectivity index (χ2n) is 4.99. The zero-order chi connectivity index (χ0) is 18.9. The van der Waals surface area contributed by atoms with Crippen LogP contribution >= 0.6 is 0 Å². The van der Waals surface area contributed by atoms with Crippen LogP contribution in [0.5, 0.6) is 5.75 Å². The Bertz CT molecular complexity index is 1100. The molecule has 2 aromatic carbocycles. The van der Waals surface area contributed by atoms with E-state index >= 15 is 0 Å². The number of hydrogen-bond acceptors (Lipinski definition) is 6. The number of aromatic amines is 1. The van der Waals surface area contributed by atoms with Crippen LogP contribution in [0.3, 0.4) is 0 Å². The average molecular weight is 383 g/mol. The van der Waals surface area contributed by atoms with E-state index in [0.29, 0.717) is 23.2 Å². The van der Waals surface area contributed by atoms with Crippen LogP contribution in [-0.4, -0.2) is 31.6 Å². The summed E-state index contributed by atoms with van der Waals surface area (Å²) < 4.78 is 59.9. The molecule has 0 fully saturated rings. The van der Waals surface area contributed by atoms with Gasteiger partial charge in [0.1, 0.15) is 10.6 Å². The van der Waals surface area contributed by atoms with Crippen LogP contribution in [0.25, 0.3) is 11.0 Å². The van der Waals surface area contributed by atoms with Crippen molar-refractivity contribution in [1.82, 2.24) is 9.97 Å². The molecule has 3 aromatic rings. The Labute approximate surface area is 145 Å². The van der Waals surface area contributed by atoms with Crippen LogP contribution in [0.2, 0.25) is 0 Å². The number of carbonyl (C=O) groups is 1. The van der Waals surface area contributed by atoms with E-state index in [2.05, 4.69) is 20.0 Å². The van der Waals surface area contributed by atoms with Crippen molar-refractivity contribution < 1.29 is 30.9 Å². The van der Waals surface area contributed by atoms with Crippen LogP contribution in [-0.2, 0) is 14.9 Å². The van der Waals surface area contributed by atoms with Gasteiger partial charge in [0.25, 0.3) is 0 Å². The fourth-order valence-corrected chi connectivity index (χ4v) is 2.99. The number of H-pyrrole nitrogens is 1. The smallest absolute Gasteiger partial charge is 0.413 e. The molecular weight excluding hydrogens is 372 g/mol. The number of nitrogens with zero attached hydrogens (tertiary/aromatic N) is 1. The Morgan fingerprint density at radius 1 is 1.15 bits per heavy atom. The predicted molar refractivity (Wildman–Crippen MR) is 86.3 cm³/mol. The summed E-state index contributed by atoms with van der Waals surface area (Å²) in [5.74, 6) is -2.49. The lowest BCUT2D eigenvalue weighted by atomic mass is 10.3. The summed E-state index contributed by atoms with van der Waals surface area (Å²) in [6.45, 7) is 0. The van der Waals surface area contributed by atoms with Gasteiger partial charge in [-0.05, 0) is 30.3 Å². The number of imidazole rings is 1. The van der Waals surface area contributed by atoms with E-state index < -0.39 is 32.7 Å². The minimum atomic E-state index is -4.37. The molecule has 1 amide bonds. The molecule has 0 saturated heterocycles. The minimum absolute atomic E-state index is 0.0902. The topological polar surface area (TPSA) is 110 Å². The van der Waals surface area contributed by atoms with Crippen molar-refractivity contribution in [2.24, 2.45) is 0 Å². The Balaban J connectivity index is 1.88. The molecule has 136 valence electrons. The zero-order valence-corrected chi connectivity index (χ0v) is 13.9. The van der Waals surface area contributed by atoms with Gasteiger partial charge in [0, 0.05) is 6.07 Å². The molecule has 2 N–H and O–H groups in total. The van der Waals surface area contributed by atoms with E-state index in [9.17, 15) is 22.0 Å². The van der Waals surface area contributed by atoms with Crippen LogP contribution in [0.15, 0.2) is 41.3 Å². The van der Waals surface area contributed by atoms with Crippen LogP contribution in [0.4, 0.5) is 19.5 Å². The molecule has 0 spiro atoms. The second-order valence-corrected chi connectivity index (χ2v) is 6.54. The number of carbonyl (C=O) groups excluding carboxylic acids is 1. The van der Waals surface area contributed by atoms with Crippen LogP contribution in [0, 0.1) is 11.6 Å². The standard InChI is InChI=1S/C15H11F2N3O5S/c1-24-15(21)20-14-18-12-5-2-8(6-13(12)19-14)25-26(22,23)9-3-4-10(16)11(17)7-9/h2-7H,1H3,(H2,18,19,20,21). The summed E-state index contributed by atoms with van der Waals surface area (Å²) >= 11 is 0. The Morgan fingerprint density at radius 3 is 2.62 bits per heavy atom. The number of hydrogen-bond donors (Lipinski definition) is 2. The molecule has 8 nitrogen and oxygen atoms in total. The van der Waals surface area contributed by atoms with Gasteiger partial charge in [-0.1, -0.05) is 0 Å². The maximum atomic E-state index is 13.2. The van der Waals surface area contributed by atoms with Crippen molar-refractivity contribution in [1.29, 1.82) is 0 Å². The molecule has 1 heterocycles. The number of benzene rings is 2. The first kappa shape index (κ1) is 17.6. The fourth-order valence-electron chi connectivity index (χ4n) is 2.05. The molecule has 0 radical (unpaired) electrons. The highest BCUT2D eigenvalue weighted by molar-refractivity contribution is 7.87. The van der Waals surface area contributed by atoms with E-state index in [-0.39, 0.29) is 11.7 Å². The van der Waals surface area contributed by atoms with Gasteiger partial charge in [0.15, 0.2) is 11.6 Å². The van der Waals surface area contributed by atoms with Crippen LogP contribution in [0.1, 0.15) is 0 Å². The van der Waals surface area contributed by atoms with Gasteiger partial charge >= 0.3 is 16.2 Å². The van der Waals surface area contributed by atoms with Gasteiger partial charge < -0.3 is 13.9 Å². The minimum Gasteiger partial charge on any atom is -0.453 e. The van der Waals surface area contributed by atoms with Gasteiger partial charge in [0.05, 0.1) is 18.1 Å². The number of amides is 1. The van der Waals surface area contributed by atoms with Gasteiger partial charge in [-0.25, -0.2) is 18.6 Å². The number of aromatic nitrogens is 2. The molecule has 26 heavy (non-hydrogen) atoms. The van der Waals surface area contributed by atoms with Crippen molar-refractivity contribution in [2.45, 2.75) is 4.90 Å². The second kappa shape index (κ2) is 6.59. The summed E-state index contributed by atoms with van der Waals surface area (Å²) in [7, 11) is -3.18. The number of rotatable bonds is 4. The summed E-state index contributed by atoms with van der Waals surface area (Å²) in [4.78, 5) is 17.4. The summed E-state index contributed by atoms with van der Waals surface area (Å²) in [6.07, 6.45) is -0.735. The lowest BCUT2D eigenvalue weighted by Gasteiger charge is -2.07. The molecule has 1 aromatic heterocycles. The lowest BCUT2D eigenvalue weighted by Crippen LogP contribution is -2.11. The summed E-state index contributed by atoms with van der Waals surface area (Å²) in [5, 5.41) is 2.32. The normalized spacial score (nSPS) is 11.3. The van der Waals surface area contributed by atoms with Gasteiger partial charge in [-0.2, -0.15) is 8.42 Å². The first-order valence-corrected chi connectivity index (χ1v) is 8.43. The lowest BCUT2D eigenvalue weighted by molar-refractivity contribution is 0.186. The van der Waals surface area contributed by atoms with E-state index in [1.165, 1.54) is 25.3 Å². The maximum Gasteiger partial charge on any atom is 0.413 e. The number of nitrogens with one attached hydrogen (secondary N) is 2. The van der Waals surface area contributed by atoms with Crippen molar-refractivity contribution in [3.8, 4) is 5.75 Å². The molecule has 0 unspecified atom stereocenters. The molecule has 0 aliphatic heterocycles. The quantitative estimate of drug-likeness (QED) is 0.671. The van der Waals surface area contributed by atoms with E-state index in [4.69, 9.17) is 4.18 Å². The van der Waals surface area contributed by atoms with Crippen molar-refractivity contribution in [2.75, 3.05) is 12.4 Å². The zero-order valence-electron chi connectivity index (χ0n) is 13.1. The largest absolute Gasteiger partial charge is 0.453 e. The first-order valence-electron chi connectivity index (χ1n) is 7.03. The summed E-state index contributed by atoms with van der Waals surface area (Å²) in [6, 6.07) is 6.20. The molecule has 11 heteroatoms. The average Bonchev–Trinajstić information content (AvgIpc) is 2.98. The predicted octanol–water partition coefficient (Wildman–Crippen LogP) is 2.79. The molecular formula is C15H11F2N3O5S. The van der Waals surface area contributed by atoms with Gasteiger partial charge in [-0.3, -0.25) is 5.32 Å². The third-order valence-electron chi connectivity index (χ3n) is 3.25. The number of ether oxygens (including phenoxy) is 1. The molecule has 0 aliphatic carbocycles. The SMILES string of the molecule is COC(=O)Nc1nc2cc(OS(=O)(=O)c3ccc(F)c(F)c3)ccc2[nH]1. The molecule has 0 aliphatic rings. The monoisotopic (exact) mass is 383 g/mol. The van der Waals surface area contributed by atoms with Crippen molar-refractivity contribution in [3.63, 3.8) is 0 Å². The van der Waals surface area contributed by atoms with E-state index in [0.717, 1.165) is 6.07 Å². The Kier molecular flexibility index (Phi) is 4.47. The summed E-state index contributed by atoms with van der Waals surface area (Å²) in [5.41, 5.74) is 0.795. The first-order chi connectivity index (χ1) is 12.3. The fraction of sp³-hybridized carbons (Fsp3) is 0.0667. The van der Waals surface area contributed by atoms with E-state index in [1.807, 2.05) is 0 Å². The van der Waals surface area contributed by atoms with Crippen molar-refractivity contribution >= 4 is 33.2 Å². The maximum absolute atomic E-state index is 13.2. The molecule has 0 bridgehead atoms. The number of halogens is 2. The third kappa shape index (κ3) is 3.57. The Morgan fingerprint density at radius 2 is 1.92 bits per heavy atom. The molecule has 0 atom stereocenters. The van der Waals surface area contributed by atoms with E-state index in [1.54, 1.807) is 0 Å². The highest BCUT2D eigenvalue weighted by Gasteiger charge is 2.19. The Hall–Kier alpha value is -3.21. The highest BCUT2D eigenvalue weighted by atomic mass is 32.2. The highest BCUT2D eigenvalue weighted by Crippen LogP contribution is 2.24.